The quantitative estimate of drug-likeness (QED) is 0.0613. The van der Waals surface area contributed by atoms with Crippen molar-refractivity contribution in [3.63, 3.8) is 0 Å². The molecular weight excluding hydrogens is 524 g/mol. The third-order valence-electron chi connectivity index (χ3n) is 7.00. The van der Waals surface area contributed by atoms with Gasteiger partial charge < -0.3 is 19.7 Å². The molecule has 0 saturated carbocycles. The van der Waals surface area contributed by atoms with Crippen LogP contribution in [0.25, 0.3) is 0 Å². The summed E-state index contributed by atoms with van der Waals surface area (Å²) in [6.45, 7) is 7.64. The minimum Gasteiger partial charge on any atom is -0.504 e. The summed E-state index contributed by atoms with van der Waals surface area (Å²) >= 11 is 0. The van der Waals surface area contributed by atoms with E-state index < -0.39 is 57.4 Å². The molecule has 0 spiro atoms. The Balaban J connectivity index is 2.70. The van der Waals surface area contributed by atoms with Gasteiger partial charge in [-0.25, -0.2) is 4.79 Å². The average Bonchev–Trinajstić information content (AvgIpc) is 2.95. The summed E-state index contributed by atoms with van der Waals surface area (Å²) in [7, 11) is 0. The van der Waals surface area contributed by atoms with Crippen LogP contribution in [0.5, 0.6) is 17.2 Å². The molecule has 0 unspecified atom stereocenters. The molecule has 0 bridgehead atoms. The lowest BCUT2D eigenvalue weighted by atomic mass is 9.89. The molecule has 0 amide bonds. The first-order chi connectivity index (χ1) is 19.7. The zero-order chi connectivity index (χ0) is 30.4. The molecule has 0 atom stereocenters. The van der Waals surface area contributed by atoms with Crippen LogP contribution in [0.1, 0.15) is 140 Å². The highest BCUT2D eigenvalue weighted by molar-refractivity contribution is 6.17. The number of esters is 2. The van der Waals surface area contributed by atoms with Crippen LogP contribution in [0.4, 0.5) is 0 Å². The number of aryl methyl sites for hydroxylation is 1. The van der Waals surface area contributed by atoms with Gasteiger partial charge in [0.1, 0.15) is 6.61 Å². The summed E-state index contributed by atoms with van der Waals surface area (Å²) in [5.74, 6) is -5.38. The number of ether oxygens (including phenoxy) is 2. The Morgan fingerprint density at radius 3 is 1.78 bits per heavy atom. The van der Waals surface area contributed by atoms with Crippen molar-refractivity contribution in [2.45, 2.75) is 111 Å². The number of phenols is 2. The third-order valence-corrected chi connectivity index (χ3v) is 7.00. The fourth-order valence-electron chi connectivity index (χ4n) is 4.54. The van der Waals surface area contributed by atoms with Crippen LogP contribution >= 0.6 is 0 Å². The van der Waals surface area contributed by atoms with Crippen LogP contribution in [0.15, 0.2) is 24.3 Å². The van der Waals surface area contributed by atoms with Gasteiger partial charge in [0.25, 0.3) is 0 Å². The van der Waals surface area contributed by atoms with Crippen LogP contribution in [0, 0.1) is 6.92 Å². The molecule has 8 heteroatoms. The van der Waals surface area contributed by atoms with Gasteiger partial charge in [0.05, 0.1) is 16.7 Å². The Morgan fingerprint density at radius 1 is 0.683 bits per heavy atom. The summed E-state index contributed by atoms with van der Waals surface area (Å²) in [4.78, 5) is 53.4. The van der Waals surface area contributed by atoms with E-state index in [1.807, 2.05) is 39.8 Å². The molecule has 0 saturated heterocycles. The molecule has 0 radical (unpaired) electrons. The van der Waals surface area contributed by atoms with Gasteiger partial charge in [-0.2, -0.15) is 0 Å². The van der Waals surface area contributed by atoms with Crippen molar-refractivity contribution in [1.82, 2.24) is 0 Å². The van der Waals surface area contributed by atoms with E-state index in [0.717, 1.165) is 49.7 Å². The highest BCUT2D eigenvalue weighted by Crippen LogP contribution is 2.46. The lowest BCUT2D eigenvalue weighted by Crippen LogP contribution is -2.21. The number of ketones is 2. The van der Waals surface area contributed by atoms with Gasteiger partial charge in [-0.15, -0.1) is 0 Å². The van der Waals surface area contributed by atoms with Crippen molar-refractivity contribution in [2.75, 3.05) is 0 Å². The van der Waals surface area contributed by atoms with Gasteiger partial charge in [0.15, 0.2) is 23.1 Å². The Kier molecular flexibility index (Phi) is 14.1. The first kappa shape index (κ1) is 33.5. The van der Waals surface area contributed by atoms with Crippen LogP contribution in [0.2, 0.25) is 0 Å². The molecular formula is C33H44O8. The molecule has 41 heavy (non-hydrogen) atoms. The largest absolute Gasteiger partial charge is 0.504 e. The number of carbonyl (C=O) groups excluding carboxylic acids is 4. The summed E-state index contributed by atoms with van der Waals surface area (Å²) < 4.78 is 11.0. The van der Waals surface area contributed by atoms with E-state index in [2.05, 4.69) is 0 Å². The van der Waals surface area contributed by atoms with Gasteiger partial charge >= 0.3 is 11.9 Å². The second-order valence-electron chi connectivity index (χ2n) is 10.3. The van der Waals surface area contributed by atoms with Crippen LogP contribution in [-0.2, 0) is 16.1 Å². The van der Waals surface area contributed by atoms with Crippen LogP contribution < -0.4 is 4.74 Å². The molecule has 0 aromatic heterocycles. The van der Waals surface area contributed by atoms with E-state index in [0.29, 0.717) is 19.3 Å². The summed E-state index contributed by atoms with van der Waals surface area (Å²) in [6.07, 6.45) is 6.27. The van der Waals surface area contributed by atoms with E-state index in [-0.39, 0.29) is 25.9 Å². The van der Waals surface area contributed by atoms with Crippen molar-refractivity contribution >= 4 is 23.5 Å². The zero-order valence-corrected chi connectivity index (χ0v) is 24.8. The van der Waals surface area contributed by atoms with Gasteiger partial charge in [-0.3, -0.25) is 14.4 Å². The van der Waals surface area contributed by atoms with E-state index in [9.17, 15) is 29.4 Å². The molecule has 0 heterocycles. The van der Waals surface area contributed by atoms with Crippen molar-refractivity contribution in [3.8, 4) is 17.2 Å². The van der Waals surface area contributed by atoms with Crippen molar-refractivity contribution in [2.24, 2.45) is 0 Å². The third kappa shape index (κ3) is 9.44. The molecule has 2 N–H and O–H groups in total. The van der Waals surface area contributed by atoms with E-state index in [4.69, 9.17) is 9.47 Å². The Hall–Kier alpha value is -3.68. The molecule has 0 aliphatic heterocycles. The maximum Gasteiger partial charge on any atom is 0.340 e. The fourth-order valence-corrected chi connectivity index (χ4v) is 4.54. The molecule has 2 aromatic carbocycles. The van der Waals surface area contributed by atoms with E-state index in [1.165, 1.54) is 0 Å². The molecule has 0 aliphatic carbocycles. The molecule has 2 aromatic rings. The number of phenolic OH excluding ortho intramolecular Hbond substituents is 2. The first-order valence-corrected chi connectivity index (χ1v) is 14.8. The Morgan fingerprint density at radius 2 is 1.22 bits per heavy atom. The molecule has 2 rings (SSSR count). The lowest BCUT2D eigenvalue weighted by Gasteiger charge is -2.20. The summed E-state index contributed by atoms with van der Waals surface area (Å²) in [6, 6.07) is 7.29. The minimum atomic E-state index is -1.02. The minimum absolute atomic E-state index is 0.0139. The van der Waals surface area contributed by atoms with E-state index in [1.54, 1.807) is 12.1 Å². The maximum atomic E-state index is 13.7. The standard InChI is InChI=1S/C33H44O8/c1-5-8-11-18-24(34)27-29(33(39)40-21-23-17-15-14-16-22(23)4)28(25(35)19-12-9-6-2)32(31(38)30(27)37)41-26(36)20-13-10-7-3/h14-17,37-38H,5-13,18-21H2,1-4H3. The second-order valence-corrected chi connectivity index (χ2v) is 10.3. The van der Waals surface area contributed by atoms with Gasteiger partial charge in [0, 0.05) is 19.3 Å². The smallest absolute Gasteiger partial charge is 0.340 e. The van der Waals surface area contributed by atoms with Crippen molar-refractivity contribution < 1.29 is 38.9 Å². The maximum absolute atomic E-state index is 13.7. The Labute approximate surface area is 243 Å². The first-order valence-electron chi connectivity index (χ1n) is 14.8. The summed E-state index contributed by atoms with van der Waals surface area (Å²) in [5.41, 5.74) is 0.223. The molecule has 0 aliphatic rings. The number of Topliss-reactive ketones (excluding diaryl/α,β-unsaturated/α-hetero) is 2. The SMILES string of the molecule is CCCCCC(=O)Oc1c(O)c(O)c(C(=O)CCCCC)c(C(=O)OCc2ccccc2C)c1C(=O)CCCCC. The highest BCUT2D eigenvalue weighted by atomic mass is 16.5. The number of carbonyl (C=O) groups is 4. The number of unbranched alkanes of at least 4 members (excludes halogenated alkanes) is 6. The number of hydrogen-bond donors (Lipinski definition) is 2. The van der Waals surface area contributed by atoms with Gasteiger partial charge in [-0.1, -0.05) is 83.6 Å². The molecule has 8 nitrogen and oxygen atoms in total. The molecule has 0 fully saturated rings. The fraction of sp³-hybridized carbons (Fsp3) is 0.515. The lowest BCUT2D eigenvalue weighted by molar-refractivity contribution is -0.134. The van der Waals surface area contributed by atoms with Crippen LogP contribution in [0.3, 0.4) is 0 Å². The Bertz CT molecular complexity index is 1210. The van der Waals surface area contributed by atoms with Crippen molar-refractivity contribution in [1.29, 1.82) is 0 Å². The normalized spacial score (nSPS) is 10.8. The monoisotopic (exact) mass is 568 g/mol. The highest BCUT2D eigenvalue weighted by Gasteiger charge is 2.36. The van der Waals surface area contributed by atoms with Gasteiger partial charge in [-0.05, 0) is 37.3 Å². The summed E-state index contributed by atoms with van der Waals surface area (Å²) in [5, 5.41) is 22.0. The van der Waals surface area contributed by atoms with Gasteiger partial charge in [0.2, 0.25) is 5.75 Å². The van der Waals surface area contributed by atoms with Crippen molar-refractivity contribution in [3.05, 3.63) is 52.1 Å². The predicted octanol–water partition coefficient (Wildman–Crippen LogP) is 7.77. The number of aromatic hydroxyl groups is 2. The van der Waals surface area contributed by atoms with E-state index >= 15 is 0 Å². The number of rotatable bonds is 18. The number of hydrogen-bond acceptors (Lipinski definition) is 8. The number of benzene rings is 2. The van der Waals surface area contributed by atoms with Crippen LogP contribution in [-0.4, -0.2) is 33.7 Å². The topological polar surface area (TPSA) is 127 Å². The average molecular weight is 569 g/mol. The second kappa shape index (κ2) is 17.2. The zero-order valence-electron chi connectivity index (χ0n) is 24.8. The predicted molar refractivity (Wildman–Crippen MR) is 157 cm³/mol. The molecule has 224 valence electrons.